The van der Waals surface area contributed by atoms with E-state index in [4.69, 9.17) is 0 Å². The molecule has 9 heavy (non-hydrogen) atoms. The number of rotatable bonds is 2. The van der Waals surface area contributed by atoms with Crippen LogP contribution in [0.2, 0.25) is 0 Å². The largest absolute Gasteiger partial charge is 0.103 e. The van der Waals surface area contributed by atoms with Gasteiger partial charge < -0.3 is 0 Å². The summed E-state index contributed by atoms with van der Waals surface area (Å²) in [5, 5.41) is 0. The van der Waals surface area contributed by atoms with Crippen molar-refractivity contribution in [3.8, 4) is 0 Å². The van der Waals surface area contributed by atoms with Crippen molar-refractivity contribution in [2.45, 2.75) is 27.2 Å². The van der Waals surface area contributed by atoms with Gasteiger partial charge >= 0.3 is 0 Å². The van der Waals surface area contributed by atoms with E-state index in [9.17, 15) is 0 Å². The molecule has 0 aromatic carbocycles. The fraction of sp³-hybridized carbons (Fsp3) is 0.556. The summed E-state index contributed by atoms with van der Waals surface area (Å²) >= 11 is 0. The highest BCUT2D eigenvalue weighted by Crippen LogP contribution is 1.98. The lowest BCUT2D eigenvalue weighted by molar-refractivity contribution is 0.700. The maximum absolute atomic E-state index is 3.63. The van der Waals surface area contributed by atoms with Gasteiger partial charge in [0.1, 0.15) is 0 Å². The zero-order valence-electron chi connectivity index (χ0n) is 6.85. The molecule has 0 saturated carbocycles. The summed E-state index contributed by atoms with van der Waals surface area (Å²) in [6.07, 6.45) is 4.93. The molecule has 1 unspecified atom stereocenters. The minimum absolute atomic E-state index is 0.699. The predicted molar refractivity (Wildman–Crippen MR) is 45.5 cm³/mol. The van der Waals surface area contributed by atoms with Crippen molar-refractivity contribution in [3.05, 3.63) is 25.3 Å². The van der Waals surface area contributed by atoms with Crippen molar-refractivity contribution < 1.29 is 0 Å². The molecule has 0 radical (unpaired) electrons. The molecule has 0 aromatic rings. The molecule has 1 atom stereocenters. The van der Waals surface area contributed by atoms with Gasteiger partial charge in [-0.25, -0.2) is 0 Å². The molecule has 0 fully saturated rings. The molecule has 0 bridgehead atoms. The Balaban J connectivity index is 0. The second-order valence-corrected chi connectivity index (χ2v) is 2.03. The summed E-state index contributed by atoms with van der Waals surface area (Å²) < 4.78 is 0. The Labute approximate surface area is 59.3 Å². The first-order valence-corrected chi connectivity index (χ1v) is 3.42. The molecule has 0 aliphatic carbocycles. The normalized spacial score (nSPS) is 10.6. The second kappa shape index (κ2) is 10.5. The van der Waals surface area contributed by atoms with Gasteiger partial charge in [-0.3, -0.25) is 0 Å². The van der Waals surface area contributed by atoms with Gasteiger partial charge in [-0.05, 0) is 12.8 Å². The molecule has 0 rings (SSSR count). The average Bonchev–Trinajstić information content (AvgIpc) is 1.88. The summed E-state index contributed by atoms with van der Waals surface area (Å²) in [6, 6.07) is 0. The summed E-state index contributed by atoms with van der Waals surface area (Å²) in [4.78, 5) is 0. The van der Waals surface area contributed by atoms with Gasteiger partial charge in [0.05, 0.1) is 0 Å². The van der Waals surface area contributed by atoms with Crippen LogP contribution < -0.4 is 0 Å². The molecule has 0 heterocycles. The lowest BCUT2D eigenvalue weighted by Crippen LogP contribution is -1.80. The van der Waals surface area contributed by atoms with Crippen LogP contribution in [0, 0.1) is 5.92 Å². The Kier molecular flexibility index (Phi) is 13.1. The molecule has 0 N–H and O–H groups in total. The molecule has 0 aromatic heterocycles. The van der Waals surface area contributed by atoms with Gasteiger partial charge in [0.2, 0.25) is 0 Å². The van der Waals surface area contributed by atoms with Crippen LogP contribution in [0.5, 0.6) is 0 Å². The second-order valence-electron chi connectivity index (χ2n) is 2.03. The van der Waals surface area contributed by atoms with Crippen molar-refractivity contribution in [3.63, 3.8) is 0 Å². The van der Waals surface area contributed by atoms with E-state index < -0.39 is 0 Å². The van der Waals surface area contributed by atoms with E-state index in [1.54, 1.807) is 6.08 Å². The Morgan fingerprint density at radius 2 is 1.78 bits per heavy atom. The Morgan fingerprint density at radius 3 is 1.78 bits per heavy atom. The first-order valence-electron chi connectivity index (χ1n) is 3.42. The minimum atomic E-state index is 0.699. The number of allylic oxidation sites excluding steroid dienone is 2. The minimum Gasteiger partial charge on any atom is -0.103 e. The topological polar surface area (TPSA) is 0 Å². The number of hydrogen-bond acceptors (Lipinski definition) is 0. The third-order valence-electron chi connectivity index (χ3n) is 1.05. The molecule has 0 nitrogen and oxygen atoms in total. The van der Waals surface area contributed by atoms with Crippen molar-refractivity contribution >= 4 is 0 Å². The maximum atomic E-state index is 3.63. The Morgan fingerprint density at radius 1 is 1.44 bits per heavy atom. The van der Waals surface area contributed by atoms with Crippen LogP contribution in [-0.4, -0.2) is 0 Å². The lowest BCUT2D eigenvalue weighted by atomic mass is 10.1. The molecule has 0 heteroatoms. The lowest BCUT2D eigenvalue weighted by Gasteiger charge is -1.93. The van der Waals surface area contributed by atoms with Gasteiger partial charge in [0, 0.05) is 0 Å². The van der Waals surface area contributed by atoms with Gasteiger partial charge in [-0.1, -0.05) is 32.4 Å². The number of hydrogen-bond donors (Lipinski definition) is 0. The van der Waals surface area contributed by atoms with Gasteiger partial charge in [0.15, 0.2) is 0 Å². The highest BCUT2D eigenvalue weighted by Gasteiger charge is 1.84. The third-order valence-corrected chi connectivity index (χ3v) is 1.05. The van der Waals surface area contributed by atoms with Crippen molar-refractivity contribution in [1.82, 2.24) is 0 Å². The molecule has 0 aliphatic rings. The molecule has 54 valence electrons. The van der Waals surface area contributed by atoms with E-state index in [2.05, 4.69) is 27.0 Å². The maximum Gasteiger partial charge on any atom is -0.0267 e. The third kappa shape index (κ3) is 18.5. The molecular formula is C9H18. The smallest absolute Gasteiger partial charge is 0.0267 e. The average molecular weight is 126 g/mol. The van der Waals surface area contributed by atoms with Crippen LogP contribution in [0.1, 0.15) is 27.2 Å². The van der Waals surface area contributed by atoms with Gasteiger partial charge in [-0.15, -0.1) is 13.2 Å². The Bertz CT molecular complexity index is 62.4. The summed E-state index contributed by atoms with van der Waals surface area (Å²) in [5.74, 6) is 0.699. The first-order chi connectivity index (χ1) is 4.22. The van der Waals surface area contributed by atoms with Crippen molar-refractivity contribution in [2.24, 2.45) is 5.92 Å². The van der Waals surface area contributed by atoms with E-state index in [1.807, 2.05) is 13.0 Å². The summed E-state index contributed by atoms with van der Waals surface area (Å²) in [6.45, 7) is 13.2. The molecule has 0 amide bonds. The molecule has 0 saturated heterocycles. The van der Waals surface area contributed by atoms with E-state index in [1.165, 1.54) is 6.42 Å². The summed E-state index contributed by atoms with van der Waals surface area (Å²) in [5.41, 5.74) is 0. The molecule has 0 spiro atoms. The van der Waals surface area contributed by atoms with Gasteiger partial charge in [-0.2, -0.15) is 0 Å². The van der Waals surface area contributed by atoms with Gasteiger partial charge in [0.25, 0.3) is 0 Å². The fourth-order valence-electron chi connectivity index (χ4n) is 0.167. The molecular weight excluding hydrogens is 108 g/mol. The van der Waals surface area contributed by atoms with E-state index in [-0.39, 0.29) is 0 Å². The Hall–Kier alpha value is -0.520. The van der Waals surface area contributed by atoms with E-state index >= 15 is 0 Å². The van der Waals surface area contributed by atoms with Crippen molar-refractivity contribution in [1.29, 1.82) is 0 Å². The zero-order chi connectivity index (χ0) is 7.70. The van der Waals surface area contributed by atoms with Crippen LogP contribution in [-0.2, 0) is 0 Å². The molecule has 0 aliphatic heterocycles. The highest BCUT2D eigenvalue weighted by molar-refractivity contribution is 4.72. The van der Waals surface area contributed by atoms with Crippen LogP contribution in [0.4, 0.5) is 0 Å². The van der Waals surface area contributed by atoms with E-state index in [0.29, 0.717) is 5.92 Å². The van der Waals surface area contributed by atoms with Crippen LogP contribution in [0.25, 0.3) is 0 Å². The monoisotopic (exact) mass is 126 g/mol. The summed E-state index contributed by atoms with van der Waals surface area (Å²) in [7, 11) is 0. The van der Waals surface area contributed by atoms with Crippen molar-refractivity contribution in [2.75, 3.05) is 0 Å². The quantitative estimate of drug-likeness (QED) is 0.497. The standard InChI is InChI=1S/C6H12.C3H6/c1-4-6(3)5-2;1-3-2/h4,6H,1,5H2,2-3H3;3H,1H2,2H3. The fourth-order valence-corrected chi connectivity index (χ4v) is 0.167. The van der Waals surface area contributed by atoms with E-state index in [0.717, 1.165) is 0 Å². The SMILES string of the molecule is C=CC.C=CC(C)CC. The van der Waals surface area contributed by atoms with Crippen LogP contribution in [0.15, 0.2) is 25.3 Å². The zero-order valence-corrected chi connectivity index (χ0v) is 6.85. The van der Waals surface area contributed by atoms with Crippen LogP contribution in [0.3, 0.4) is 0 Å². The van der Waals surface area contributed by atoms with Crippen LogP contribution >= 0.6 is 0 Å². The highest BCUT2D eigenvalue weighted by atomic mass is 13.9. The first kappa shape index (κ1) is 11.3. The predicted octanol–water partition coefficient (Wildman–Crippen LogP) is 3.41.